The number of carbonyl (C=O) groups excluding carboxylic acids is 1. The minimum absolute atomic E-state index is 0.0520. The molecule has 5 aromatic rings. The first-order valence-corrected chi connectivity index (χ1v) is 14.6. The predicted octanol–water partition coefficient (Wildman–Crippen LogP) is 7.52. The van der Waals surface area contributed by atoms with E-state index in [1.54, 1.807) is 5.01 Å². The van der Waals surface area contributed by atoms with Crippen molar-refractivity contribution in [3.63, 3.8) is 0 Å². The second kappa shape index (κ2) is 11.0. The van der Waals surface area contributed by atoms with Crippen molar-refractivity contribution in [2.24, 2.45) is 5.10 Å². The number of hydrazone groups is 1. The Hall–Kier alpha value is -4.01. The summed E-state index contributed by atoms with van der Waals surface area (Å²) in [5, 5.41) is 21.5. The quantitative estimate of drug-likeness (QED) is 0.213. The van der Waals surface area contributed by atoms with E-state index in [4.69, 9.17) is 5.10 Å². The number of nitrogens with zero attached hydrogens (tertiary/aromatic N) is 4. The highest BCUT2D eigenvalue weighted by atomic mass is 32.2. The van der Waals surface area contributed by atoms with Crippen LogP contribution < -0.4 is 5.32 Å². The molecule has 0 bridgehead atoms. The van der Waals surface area contributed by atoms with Gasteiger partial charge in [0.1, 0.15) is 0 Å². The van der Waals surface area contributed by atoms with Crippen LogP contribution in [-0.4, -0.2) is 32.6 Å². The summed E-state index contributed by atoms with van der Waals surface area (Å²) in [6.45, 7) is 4.17. The normalized spacial score (nSPS) is 15.0. The van der Waals surface area contributed by atoms with Crippen LogP contribution in [0.5, 0.6) is 0 Å². The Kier molecular flexibility index (Phi) is 7.13. The summed E-state index contributed by atoms with van der Waals surface area (Å²) < 4.78 is 0.741. The van der Waals surface area contributed by atoms with Crippen molar-refractivity contribution in [3.05, 3.63) is 113 Å². The van der Waals surface area contributed by atoms with E-state index >= 15 is 0 Å². The zero-order chi connectivity index (χ0) is 26.8. The summed E-state index contributed by atoms with van der Waals surface area (Å²) >= 11 is 2.84. The van der Waals surface area contributed by atoms with Gasteiger partial charge in [-0.15, -0.1) is 10.2 Å². The van der Waals surface area contributed by atoms with Crippen molar-refractivity contribution in [2.75, 3.05) is 11.1 Å². The number of hydrogen-bond acceptors (Lipinski definition) is 7. The molecule has 0 saturated heterocycles. The van der Waals surface area contributed by atoms with Gasteiger partial charge in [0.05, 0.1) is 17.5 Å². The molecular weight excluding hydrogens is 523 g/mol. The largest absolute Gasteiger partial charge is 0.330 e. The lowest BCUT2D eigenvalue weighted by atomic mass is 9.97. The number of amides is 1. The Balaban J connectivity index is 1.19. The number of thioether (sulfide) groups is 1. The third kappa shape index (κ3) is 5.44. The number of anilines is 2. The van der Waals surface area contributed by atoms with Crippen LogP contribution in [0.15, 0.2) is 100 Å². The molecule has 194 valence electrons. The van der Waals surface area contributed by atoms with Crippen molar-refractivity contribution in [2.45, 2.75) is 30.6 Å². The van der Waals surface area contributed by atoms with Crippen molar-refractivity contribution in [1.82, 2.24) is 15.2 Å². The molecular formula is C31H27N5OS2. The van der Waals surface area contributed by atoms with E-state index in [1.165, 1.54) is 39.6 Å². The molecule has 6 rings (SSSR count). The molecule has 8 heteroatoms. The van der Waals surface area contributed by atoms with Gasteiger partial charge in [-0.3, -0.25) is 4.79 Å². The minimum Gasteiger partial charge on any atom is -0.330 e. The number of aryl methyl sites for hydroxylation is 1. The lowest BCUT2D eigenvalue weighted by molar-refractivity contribution is -0.130. The van der Waals surface area contributed by atoms with Crippen molar-refractivity contribution in [3.8, 4) is 0 Å². The van der Waals surface area contributed by atoms with Crippen LogP contribution in [0.1, 0.15) is 34.7 Å². The van der Waals surface area contributed by atoms with E-state index in [0.717, 1.165) is 32.3 Å². The lowest BCUT2D eigenvalue weighted by Crippen LogP contribution is -2.28. The van der Waals surface area contributed by atoms with E-state index in [1.807, 2.05) is 42.5 Å². The smallest absolute Gasteiger partial charge is 0.253 e. The number of carbonyl (C=O) groups is 1. The van der Waals surface area contributed by atoms with Gasteiger partial charge in [0.25, 0.3) is 5.91 Å². The number of benzene rings is 4. The molecule has 1 amide bonds. The van der Waals surface area contributed by atoms with Crippen LogP contribution in [0.4, 0.5) is 10.8 Å². The second-order valence-corrected chi connectivity index (χ2v) is 11.7. The summed E-state index contributed by atoms with van der Waals surface area (Å²) in [5.41, 5.74) is 6.45. The standard InChI is InChI=1S/C31H27N5OS2/c1-20-9-8-14-26(21(20)2)32-30-33-34-31(39-30)38-19-29(37)36-28(23-11-4-3-5-12-23)18-27(35-36)25-16-15-22-10-6-7-13-24(22)17-25/h3-17,28H,18-19H2,1-2H3,(H,32,33). The molecule has 0 saturated carbocycles. The Morgan fingerprint density at radius 2 is 1.74 bits per heavy atom. The van der Waals surface area contributed by atoms with Crippen LogP contribution in [0, 0.1) is 13.8 Å². The topological polar surface area (TPSA) is 70.5 Å². The molecule has 1 aliphatic rings. The van der Waals surface area contributed by atoms with Crippen molar-refractivity contribution < 1.29 is 4.79 Å². The molecule has 2 heterocycles. The van der Waals surface area contributed by atoms with Crippen LogP contribution in [0.3, 0.4) is 0 Å². The fraction of sp³-hybridized carbons (Fsp3) is 0.161. The maximum Gasteiger partial charge on any atom is 0.253 e. The minimum atomic E-state index is -0.142. The molecule has 1 unspecified atom stereocenters. The van der Waals surface area contributed by atoms with E-state index in [9.17, 15) is 4.79 Å². The summed E-state index contributed by atoms with van der Waals surface area (Å²) in [5.74, 6) is 0.180. The van der Waals surface area contributed by atoms with Gasteiger partial charge in [0, 0.05) is 12.1 Å². The molecule has 6 nitrogen and oxygen atoms in total. The number of nitrogens with one attached hydrogen (secondary N) is 1. The number of rotatable bonds is 7. The third-order valence-electron chi connectivity index (χ3n) is 7.00. The monoisotopic (exact) mass is 549 g/mol. The molecule has 1 aliphatic heterocycles. The first-order chi connectivity index (χ1) is 19.0. The van der Waals surface area contributed by atoms with Crippen LogP contribution >= 0.6 is 23.1 Å². The SMILES string of the molecule is Cc1cccc(Nc2nnc(SCC(=O)N3N=C(c4ccc5ccccc5c4)CC3c3ccccc3)s2)c1C. The summed E-state index contributed by atoms with van der Waals surface area (Å²) in [7, 11) is 0. The molecule has 0 spiro atoms. The van der Waals surface area contributed by atoms with E-state index < -0.39 is 0 Å². The summed E-state index contributed by atoms with van der Waals surface area (Å²) in [6, 6.07) is 30.8. The van der Waals surface area contributed by atoms with E-state index in [0.29, 0.717) is 11.6 Å². The molecule has 1 N–H and O–H groups in total. The summed E-state index contributed by atoms with van der Waals surface area (Å²) in [6.07, 6.45) is 0.668. The van der Waals surface area contributed by atoms with Gasteiger partial charge in [-0.05, 0) is 59.0 Å². The highest BCUT2D eigenvalue weighted by Gasteiger charge is 2.33. The maximum atomic E-state index is 13.5. The molecule has 1 aromatic heterocycles. The molecule has 39 heavy (non-hydrogen) atoms. The van der Waals surface area contributed by atoms with Gasteiger partial charge in [-0.1, -0.05) is 102 Å². The molecule has 0 fully saturated rings. The Labute approximate surface area is 235 Å². The average Bonchev–Trinajstić information content (AvgIpc) is 3.62. The van der Waals surface area contributed by atoms with Crippen molar-refractivity contribution in [1.29, 1.82) is 0 Å². The molecule has 1 atom stereocenters. The highest BCUT2D eigenvalue weighted by molar-refractivity contribution is 8.01. The fourth-order valence-corrected chi connectivity index (χ4v) is 6.35. The van der Waals surface area contributed by atoms with Gasteiger partial charge < -0.3 is 5.32 Å². The van der Waals surface area contributed by atoms with E-state index in [-0.39, 0.29) is 17.7 Å². The van der Waals surface area contributed by atoms with Gasteiger partial charge in [0.2, 0.25) is 5.13 Å². The first-order valence-electron chi connectivity index (χ1n) is 12.8. The zero-order valence-electron chi connectivity index (χ0n) is 21.7. The number of hydrogen-bond donors (Lipinski definition) is 1. The molecule has 0 aliphatic carbocycles. The van der Waals surface area contributed by atoms with Gasteiger partial charge >= 0.3 is 0 Å². The Morgan fingerprint density at radius 1 is 0.949 bits per heavy atom. The Morgan fingerprint density at radius 3 is 2.59 bits per heavy atom. The van der Waals surface area contributed by atoms with Crippen LogP contribution in [0.25, 0.3) is 10.8 Å². The average molecular weight is 550 g/mol. The lowest BCUT2D eigenvalue weighted by Gasteiger charge is -2.21. The van der Waals surface area contributed by atoms with E-state index in [2.05, 4.69) is 77.9 Å². The van der Waals surface area contributed by atoms with Gasteiger partial charge in [0.15, 0.2) is 4.34 Å². The highest BCUT2D eigenvalue weighted by Crippen LogP contribution is 2.35. The Bertz CT molecular complexity index is 1680. The molecule has 0 radical (unpaired) electrons. The van der Waals surface area contributed by atoms with Crippen LogP contribution in [0.2, 0.25) is 0 Å². The molecule has 4 aromatic carbocycles. The van der Waals surface area contributed by atoms with Gasteiger partial charge in [-0.2, -0.15) is 5.10 Å². The maximum absolute atomic E-state index is 13.5. The zero-order valence-corrected chi connectivity index (χ0v) is 23.3. The predicted molar refractivity (Wildman–Crippen MR) is 161 cm³/mol. The first kappa shape index (κ1) is 25.3. The number of aromatic nitrogens is 2. The second-order valence-electron chi connectivity index (χ2n) is 9.51. The van der Waals surface area contributed by atoms with Crippen LogP contribution in [-0.2, 0) is 4.79 Å². The van der Waals surface area contributed by atoms with Crippen molar-refractivity contribution >= 4 is 56.3 Å². The third-order valence-corrected chi connectivity index (χ3v) is 8.96. The van der Waals surface area contributed by atoms with Gasteiger partial charge in [-0.25, -0.2) is 5.01 Å². The summed E-state index contributed by atoms with van der Waals surface area (Å²) in [4.78, 5) is 13.5. The number of fused-ring (bicyclic) bond motifs is 1. The fourth-order valence-electron chi connectivity index (χ4n) is 4.73.